The highest BCUT2D eigenvalue weighted by molar-refractivity contribution is 5.77. The molecule has 0 aromatic rings. The van der Waals surface area contributed by atoms with Crippen molar-refractivity contribution in [2.45, 2.75) is 213 Å². The molecule has 0 bridgehead atoms. The molecule has 0 aliphatic carbocycles. The maximum atomic E-state index is 13.5. The number of carbonyl (C=O) groups is 1. The van der Waals surface area contributed by atoms with Crippen molar-refractivity contribution >= 4 is 5.91 Å². The van der Waals surface area contributed by atoms with Gasteiger partial charge >= 0.3 is 0 Å². The highest BCUT2D eigenvalue weighted by atomic mass is 16.7. The molecule has 0 fully saturated rings. The molecule has 0 aromatic heterocycles. The fourth-order valence-electron chi connectivity index (χ4n) is 6.04. The van der Waals surface area contributed by atoms with Crippen molar-refractivity contribution in [1.82, 2.24) is 5.06 Å². The molecule has 3 atom stereocenters. The summed E-state index contributed by atoms with van der Waals surface area (Å²) in [6, 6.07) is 0. The monoisotopic (exact) mass is 598 g/mol. The van der Waals surface area contributed by atoms with Crippen LogP contribution in [-0.2, 0) is 9.63 Å². The minimum absolute atomic E-state index is 0.00193. The number of unbranched alkanes of at least 4 members (excludes halogenated alkanes) is 21. The molecule has 0 spiro atoms. The standard InChI is InChI=1S/C37H75NO4/c1-5-8-10-12-14-16-18-20-21-23-25-27-29-35(33-34(4)40)37(41)38(31-32-39)42-36(7-3)30-28-26-24-22-19-17-15-13-11-9-6-2/h34-36,39-40H,5-33H2,1-4H3. The topological polar surface area (TPSA) is 70.0 Å². The second kappa shape index (κ2) is 31.8. The molecule has 5 nitrogen and oxygen atoms in total. The van der Waals surface area contributed by atoms with Gasteiger partial charge in [0.15, 0.2) is 0 Å². The van der Waals surface area contributed by atoms with Crippen molar-refractivity contribution in [2.24, 2.45) is 5.92 Å². The van der Waals surface area contributed by atoms with Gasteiger partial charge in [0, 0.05) is 5.92 Å². The van der Waals surface area contributed by atoms with Crippen molar-refractivity contribution in [3.8, 4) is 0 Å². The molecule has 5 heteroatoms. The Morgan fingerprint density at radius 1 is 0.619 bits per heavy atom. The van der Waals surface area contributed by atoms with Crippen LogP contribution in [0.1, 0.15) is 201 Å². The van der Waals surface area contributed by atoms with Crippen LogP contribution in [0.5, 0.6) is 0 Å². The zero-order valence-corrected chi connectivity index (χ0v) is 28.9. The number of hydrogen-bond donors (Lipinski definition) is 2. The first-order valence-corrected chi connectivity index (χ1v) is 18.8. The maximum absolute atomic E-state index is 13.5. The van der Waals surface area contributed by atoms with E-state index in [-0.39, 0.29) is 31.1 Å². The molecule has 0 aliphatic heterocycles. The summed E-state index contributed by atoms with van der Waals surface area (Å²) in [6.07, 6.45) is 32.6. The molecule has 1 amide bonds. The summed E-state index contributed by atoms with van der Waals surface area (Å²) < 4.78 is 0. The van der Waals surface area contributed by atoms with Crippen LogP contribution >= 0.6 is 0 Å². The van der Waals surface area contributed by atoms with E-state index in [9.17, 15) is 15.0 Å². The Morgan fingerprint density at radius 3 is 1.36 bits per heavy atom. The lowest BCUT2D eigenvalue weighted by Crippen LogP contribution is -2.41. The third kappa shape index (κ3) is 25.8. The van der Waals surface area contributed by atoms with E-state index in [0.29, 0.717) is 6.42 Å². The fourth-order valence-corrected chi connectivity index (χ4v) is 6.04. The van der Waals surface area contributed by atoms with E-state index in [4.69, 9.17) is 4.84 Å². The molecule has 0 saturated carbocycles. The normalized spacial score (nSPS) is 13.8. The van der Waals surface area contributed by atoms with Crippen molar-refractivity contribution in [1.29, 1.82) is 0 Å². The van der Waals surface area contributed by atoms with Gasteiger partial charge < -0.3 is 10.2 Å². The Labute approximate surface area is 262 Å². The van der Waals surface area contributed by atoms with Gasteiger partial charge in [0.05, 0.1) is 25.4 Å². The van der Waals surface area contributed by atoms with Gasteiger partial charge in [-0.2, -0.15) is 0 Å². The highest BCUT2D eigenvalue weighted by Gasteiger charge is 2.27. The number of amides is 1. The minimum Gasteiger partial charge on any atom is -0.394 e. The molecule has 3 unspecified atom stereocenters. The molecular weight excluding hydrogens is 522 g/mol. The summed E-state index contributed by atoms with van der Waals surface area (Å²) in [5.41, 5.74) is 0. The third-order valence-corrected chi connectivity index (χ3v) is 8.79. The minimum atomic E-state index is -0.523. The predicted octanol–water partition coefficient (Wildman–Crippen LogP) is 10.7. The Bertz CT molecular complexity index is 556. The van der Waals surface area contributed by atoms with Gasteiger partial charge in [-0.25, -0.2) is 5.06 Å². The van der Waals surface area contributed by atoms with Crippen molar-refractivity contribution in [2.75, 3.05) is 13.2 Å². The van der Waals surface area contributed by atoms with Crippen LogP contribution in [0.3, 0.4) is 0 Å². The van der Waals surface area contributed by atoms with Gasteiger partial charge in [-0.05, 0) is 32.6 Å². The maximum Gasteiger partial charge on any atom is 0.249 e. The van der Waals surface area contributed by atoms with Crippen molar-refractivity contribution < 1.29 is 19.8 Å². The number of hydroxylamine groups is 2. The van der Waals surface area contributed by atoms with E-state index in [0.717, 1.165) is 38.5 Å². The van der Waals surface area contributed by atoms with E-state index < -0.39 is 6.10 Å². The lowest BCUT2D eigenvalue weighted by Gasteiger charge is -2.30. The zero-order valence-electron chi connectivity index (χ0n) is 28.9. The number of nitrogens with zero attached hydrogens (tertiary/aromatic N) is 1. The van der Waals surface area contributed by atoms with Gasteiger partial charge in [0.2, 0.25) is 5.91 Å². The summed E-state index contributed by atoms with van der Waals surface area (Å²) in [4.78, 5) is 19.7. The summed E-state index contributed by atoms with van der Waals surface area (Å²) in [6.45, 7) is 8.50. The Kier molecular flexibility index (Phi) is 31.3. The first-order chi connectivity index (χ1) is 20.5. The average molecular weight is 598 g/mol. The number of carbonyl (C=O) groups excluding carboxylic acids is 1. The number of hydrogen-bond acceptors (Lipinski definition) is 4. The van der Waals surface area contributed by atoms with Crippen molar-refractivity contribution in [3.63, 3.8) is 0 Å². The van der Waals surface area contributed by atoms with Crippen LogP contribution in [0.15, 0.2) is 0 Å². The van der Waals surface area contributed by atoms with Crippen LogP contribution in [0.2, 0.25) is 0 Å². The van der Waals surface area contributed by atoms with Gasteiger partial charge in [-0.1, -0.05) is 168 Å². The van der Waals surface area contributed by atoms with Crippen LogP contribution < -0.4 is 0 Å². The number of aliphatic hydroxyl groups is 2. The van der Waals surface area contributed by atoms with Gasteiger partial charge in [-0.15, -0.1) is 0 Å². The molecule has 0 saturated heterocycles. The lowest BCUT2D eigenvalue weighted by molar-refractivity contribution is -0.215. The molecule has 42 heavy (non-hydrogen) atoms. The molecule has 0 rings (SSSR count). The molecule has 0 heterocycles. The molecule has 2 N–H and O–H groups in total. The first-order valence-electron chi connectivity index (χ1n) is 18.8. The van der Waals surface area contributed by atoms with E-state index >= 15 is 0 Å². The van der Waals surface area contributed by atoms with E-state index in [1.165, 1.54) is 133 Å². The van der Waals surface area contributed by atoms with Crippen molar-refractivity contribution in [3.05, 3.63) is 0 Å². The van der Waals surface area contributed by atoms with E-state index in [1.807, 2.05) is 0 Å². The number of rotatable bonds is 33. The second-order valence-corrected chi connectivity index (χ2v) is 13.1. The van der Waals surface area contributed by atoms with Crippen LogP contribution in [0, 0.1) is 5.92 Å². The van der Waals surface area contributed by atoms with Crippen LogP contribution in [0.4, 0.5) is 0 Å². The average Bonchev–Trinajstić information content (AvgIpc) is 2.98. The lowest BCUT2D eigenvalue weighted by atomic mass is 9.93. The summed E-state index contributed by atoms with van der Waals surface area (Å²) in [5.74, 6) is -0.315. The molecule has 252 valence electrons. The molecule has 0 aromatic carbocycles. The Balaban J connectivity index is 4.35. The van der Waals surface area contributed by atoms with Gasteiger partial charge in [0.25, 0.3) is 0 Å². The van der Waals surface area contributed by atoms with E-state index in [2.05, 4.69) is 20.8 Å². The second-order valence-electron chi connectivity index (χ2n) is 13.1. The first kappa shape index (κ1) is 41.4. The third-order valence-electron chi connectivity index (χ3n) is 8.79. The Hall–Kier alpha value is -0.650. The highest BCUT2D eigenvalue weighted by Crippen LogP contribution is 2.22. The number of aliphatic hydroxyl groups excluding tert-OH is 2. The molecule has 0 aliphatic rings. The van der Waals surface area contributed by atoms with Crippen LogP contribution in [-0.4, -0.2) is 46.5 Å². The summed E-state index contributed by atoms with van der Waals surface area (Å²) in [5, 5.41) is 21.2. The molecule has 0 radical (unpaired) electrons. The van der Waals surface area contributed by atoms with E-state index in [1.54, 1.807) is 6.92 Å². The Morgan fingerprint density at radius 2 is 1.00 bits per heavy atom. The largest absolute Gasteiger partial charge is 0.394 e. The van der Waals surface area contributed by atoms with Crippen LogP contribution in [0.25, 0.3) is 0 Å². The van der Waals surface area contributed by atoms with Gasteiger partial charge in [0.1, 0.15) is 0 Å². The predicted molar refractivity (Wildman–Crippen MR) is 181 cm³/mol. The summed E-state index contributed by atoms with van der Waals surface area (Å²) >= 11 is 0. The smallest absolute Gasteiger partial charge is 0.249 e. The van der Waals surface area contributed by atoms with Gasteiger partial charge in [-0.3, -0.25) is 9.63 Å². The molecular formula is C37H75NO4. The zero-order chi connectivity index (χ0) is 31.1. The quantitative estimate of drug-likeness (QED) is 0.0583. The fraction of sp³-hybridized carbons (Fsp3) is 0.973. The SMILES string of the molecule is CCCCCCCCCCCCCCC(CC(C)O)C(=O)N(CCO)OC(CC)CCCCCCCCCCCCC. The summed E-state index contributed by atoms with van der Waals surface area (Å²) in [7, 11) is 0.